The third kappa shape index (κ3) is 6.35. The van der Waals surface area contributed by atoms with E-state index in [-0.39, 0.29) is 0 Å². The van der Waals surface area contributed by atoms with Gasteiger partial charge in [0.2, 0.25) is 0 Å². The highest BCUT2D eigenvalue weighted by molar-refractivity contribution is 6.05. The molecule has 0 aliphatic carbocycles. The molecular weight excluding hydrogens is 336 g/mol. The summed E-state index contributed by atoms with van der Waals surface area (Å²) in [7, 11) is 3.88. The Kier molecular flexibility index (Phi) is 10.8. The monoisotopic (exact) mass is 368 g/mol. The average Bonchev–Trinajstić information content (AvgIpc) is 2.76. The number of hydrogen-bond acceptors (Lipinski definition) is 4. The summed E-state index contributed by atoms with van der Waals surface area (Å²) in [5.74, 6) is 0.966. The van der Waals surface area contributed by atoms with Crippen molar-refractivity contribution in [2.24, 2.45) is 0 Å². The molecule has 0 spiro atoms. The van der Waals surface area contributed by atoms with Gasteiger partial charge in [-0.1, -0.05) is 62.4 Å². The second-order valence-electron chi connectivity index (χ2n) is 5.91. The van der Waals surface area contributed by atoms with E-state index >= 15 is 0 Å². The molecule has 1 N–H and O–H groups in total. The molecule has 4 nitrogen and oxygen atoms in total. The fourth-order valence-corrected chi connectivity index (χ4v) is 2.97. The number of likely N-dealkylation sites (N-methyl/N-ethyl adjacent to an activating group) is 1. The summed E-state index contributed by atoms with van der Waals surface area (Å²) in [4.78, 5) is 10.3. The Morgan fingerprint density at radius 2 is 1.33 bits per heavy atom. The average molecular weight is 369 g/mol. The SMILES string of the molecule is C=O.CC.CN1CCNCC1.COc1c2ccccc2cc2ccccc12. The van der Waals surface area contributed by atoms with E-state index < -0.39 is 0 Å². The number of methoxy groups -OCH3 is 1. The lowest BCUT2D eigenvalue weighted by atomic mass is 10.0. The zero-order chi connectivity index (χ0) is 20.1. The molecule has 1 aliphatic heterocycles. The van der Waals surface area contributed by atoms with E-state index in [1.54, 1.807) is 7.11 Å². The van der Waals surface area contributed by atoms with Crippen LogP contribution >= 0.6 is 0 Å². The van der Waals surface area contributed by atoms with Crippen LogP contribution in [0.4, 0.5) is 0 Å². The number of rotatable bonds is 1. The van der Waals surface area contributed by atoms with Gasteiger partial charge in [-0.15, -0.1) is 0 Å². The first-order valence-corrected chi connectivity index (χ1v) is 9.42. The fourth-order valence-electron chi connectivity index (χ4n) is 2.97. The summed E-state index contributed by atoms with van der Waals surface area (Å²) in [6.45, 7) is 10.7. The molecule has 0 saturated carbocycles. The molecule has 1 fully saturated rings. The number of carbonyl (C=O) groups excluding carboxylic acids is 1. The lowest BCUT2D eigenvalue weighted by molar-refractivity contribution is -0.0979. The number of fused-ring (bicyclic) bond motifs is 2. The minimum Gasteiger partial charge on any atom is -0.495 e. The van der Waals surface area contributed by atoms with Gasteiger partial charge in [-0.2, -0.15) is 0 Å². The predicted octanol–water partition coefficient (Wildman–Crippen LogP) is 4.36. The Bertz CT molecular complexity index is 745. The molecule has 1 saturated heterocycles. The zero-order valence-corrected chi connectivity index (χ0v) is 17.0. The molecule has 0 atom stereocenters. The van der Waals surface area contributed by atoms with Gasteiger partial charge in [0.25, 0.3) is 0 Å². The van der Waals surface area contributed by atoms with Crippen molar-refractivity contribution in [3.63, 3.8) is 0 Å². The maximum Gasteiger partial charge on any atom is 0.134 e. The van der Waals surface area contributed by atoms with Crippen LogP contribution in [0.2, 0.25) is 0 Å². The van der Waals surface area contributed by atoms with Gasteiger partial charge in [0.1, 0.15) is 12.5 Å². The smallest absolute Gasteiger partial charge is 0.134 e. The van der Waals surface area contributed by atoms with Gasteiger partial charge in [0.15, 0.2) is 0 Å². The first-order valence-electron chi connectivity index (χ1n) is 9.42. The molecule has 0 bridgehead atoms. The van der Waals surface area contributed by atoms with Crippen LogP contribution in [0.1, 0.15) is 13.8 Å². The minimum absolute atomic E-state index is 0.966. The minimum atomic E-state index is 0.966. The zero-order valence-electron chi connectivity index (χ0n) is 17.0. The number of piperazine rings is 1. The summed E-state index contributed by atoms with van der Waals surface area (Å²) in [6, 6.07) is 18.8. The van der Waals surface area contributed by atoms with Gasteiger partial charge < -0.3 is 19.7 Å². The standard InChI is InChI=1S/C15H12O.C5H12N2.C2H6.CH2O/c1-16-15-13-8-4-2-6-11(13)10-12-7-3-5-9-14(12)15;1-7-4-2-6-3-5-7;2*1-2/h2-10H,1H3;6H,2-5H2,1H3;1-2H3;1H2. The van der Waals surface area contributed by atoms with Crippen LogP contribution in [0.25, 0.3) is 21.5 Å². The molecule has 0 unspecified atom stereocenters. The molecule has 4 heteroatoms. The molecule has 27 heavy (non-hydrogen) atoms. The van der Waals surface area contributed by atoms with Crippen LogP contribution in [-0.2, 0) is 4.79 Å². The Hall–Kier alpha value is -2.43. The molecule has 1 aliphatic rings. The summed E-state index contributed by atoms with van der Waals surface area (Å²) in [6.07, 6.45) is 0. The molecular formula is C23H32N2O2. The summed E-state index contributed by atoms with van der Waals surface area (Å²) in [5, 5.41) is 8.05. The molecule has 4 rings (SSSR count). The van der Waals surface area contributed by atoms with E-state index in [0.29, 0.717) is 0 Å². The van der Waals surface area contributed by atoms with Gasteiger partial charge in [0.05, 0.1) is 7.11 Å². The highest BCUT2D eigenvalue weighted by atomic mass is 16.5. The quantitative estimate of drug-likeness (QED) is 0.648. The van der Waals surface area contributed by atoms with Crippen molar-refractivity contribution >= 4 is 28.3 Å². The van der Waals surface area contributed by atoms with E-state index in [4.69, 9.17) is 9.53 Å². The van der Waals surface area contributed by atoms with Gasteiger partial charge in [-0.3, -0.25) is 0 Å². The molecule has 146 valence electrons. The first-order chi connectivity index (χ1) is 13.3. The van der Waals surface area contributed by atoms with Crippen molar-refractivity contribution in [1.29, 1.82) is 0 Å². The molecule has 0 radical (unpaired) electrons. The van der Waals surface area contributed by atoms with Crippen molar-refractivity contribution in [2.75, 3.05) is 40.3 Å². The number of carbonyl (C=O) groups is 1. The largest absolute Gasteiger partial charge is 0.495 e. The number of benzene rings is 3. The number of nitrogens with zero attached hydrogens (tertiary/aromatic N) is 1. The van der Waals surface area contributed by atoms with Gasteiger partial charge >= 0.3 is 0 Å². The van der Waals surface area contributed by atoms with Crippen molar-refractivity contribution in [2.45, 2.75) is 13.8 Å². The Morgan fingerprint density at radius 3 is 1.70 bits per heavy atom. The van der Waals surface area contributed by atoms with E-state index in [1.807, 2.05) is 32.8 Å². The Morgan fingerprint density at radius 1 is 0.889 bits per heavy atom. The van der Waals surface area contributed by atoms with Gasteiger partial charge in [-0.25, -0.2) is 0 Å². The second kappa shape index (κ2) is 12.8. The van der Waals surface area contributed by atoms with Gasteiger partial charge in [-0.05, 0) is 23.9 Å². The number of hydrogen-bond donors (Lipinski definition) is 1. The van der Waals surface area contributed by atoms with Crippen molar-refractivity contribution in [1.82, 2.24) is 10.2 Å². The normalized spacial score (nSPS) is 13.3. The molecule has 3 aromatic rings. The second-order valence-corrected chi connectivity index (χ2v) is 5.91. The summed E-state index contributed by atoms with van der Waals surface area (Å²) >= 11 is 0. The molecule has 1 heterocycles. The van der Waals surface area contributed by atoms with E-state index in [0.717, 1.165) is 18.8 Å². The maximum absolute atomic E-state index is 8.00. The third-order valence-electron chi connectivity index (χ3n) is 4.27. The van der Waals surface area contributed by atoms with E-state index in [9.17, 15) is 0 Å². The van der Waals surface area contributed by atoms with Crippen LogP contribution in [0.3, 0.4) is 0 Å². The maximum atomic E-state index is 8.00. The Labute approximate surface area is 163 Å². The van der Waals surface area contributed by atoms with Crippen molar-refractivity contribution in [3.05, 3.63) is 54.6 Å². The number of ether oxygens (including phenoxy) is 1. The highest BCUT2D eigenvalue weighted by Crippen LogP contribution is 2.34. The number of nitrogens with one attached hydrogen (secondary N) is 1. The van der Waals surface area contributed by atoms with E-state index in [1.165, 1.54) is 34.6 Å². The van der Waals surface area contributed by atoms with Crippen molar-refractivity contribution < 1.29 is 9.53 Å². The predicted molar refractivity (Wildman–Crippen MR) is 117 cm³/mol. The first kappa shape index (κ1) is 22.6. The summed E-state index contributed by atoms with van der Waals surface area (Å²) < 4.78 is 5.54. The lowest BCUT2D eigenvalue weighted by Gasteiger charge is -2.21. The van der Waals surface area contributed by atoms with Crippen LogP contribution in [0.5, 0.6) is 5.75 Å². The van der Waals surface area contributed by atoms with Crippen LogP contribution < -0.4 is 10.1 Å². The molecule has 3 aromatic carbocycles. The van der Waals surface area contributed by atoms with Crippen LogP contribution in [-0.4, -0.2) is 52.0 Å². The van der Waals surface area contributed by atoms with Crippen LogP contribution in [0.15, 0.2) is 54.6 Å². The van der Waals surface area contributed by atoms with Crippen LogP contribution in [0, 0.1) is 0 Å². The Balaban J connectivity index is 0.000000279. The molecule has 0 amide bonds. The fraction of sp³-hybridized carbons (Fsp3) is 0.348. The van der Waals surface area contributed by atoms with Crippen molar-refractivity contribution in [3.8, 4) is 5.75 Å². The third-order valence-corrected chi connectivity index (χ3v) is 4.27. The highest BCUT2D eigenvalue weighted by Gasteiger charge is 2.06. The summed E-state index contributed by atoms with van der Waals surface area (Å²) in [5.41, 5.74) is 0. The van der Waals surface area contributed by atoms with E-state index in [2.05, 4.69) is 59.7 Å². The lowest BCUT2D eigenvalue weighted by Crippen LogP contribution is -2.40. The van der Waals surface area contributed by atoms with Gasteiger partial charge in [0, 0.05) is 37.0 Å². The topological polar surface area (TPSA) is 41.6 Å². The molecule has 0 aromatic heterocycles.